The number of benzene rings is 3. The maximum absolute atomic E-state index is 9.12. The molecular weight excluding hydrogens is 549 g/mol. The summed E-state index contributed by atoms with van der Waals surface area (Å²) >= 11 is 0. The number of pyridine rings is 1. The molecule has 4 rings (SSSR count). The third-order valence-corrected chi connectivity index (χ3v) is 4.48. The normalized spacial score (nSPS) is 9.67. The van der Waals surface area contributed by atoms with E-state index in [1.54, 1.807) is 30.5 Å². The van der Waals surface area contributed by atoms with E-state index in [1.807, 2.05) is 60.7 Å². The molecule has 0 fully saturated rings. The Morgan fingerprint density at radius 3 is 2.20 bits per heavy atom. The summed E-state index contributed by atoms with van der Waals surface area (Å²) in [6.07, 6.45) is 1.76. The zero-order chi connectivity index (χ0) is 20.1. The average Bonchev–Trinajstić information content (AvgIpc) is 2.81. The zero-order valence-electron chi connectivity index (χ0n) is 15.8. The van der Waals surface area contributed by atoms with Gasteiger partial charge < -0.3 is 9.88 Å². The number of hydrogen-bond acceptors (Lipinski definition) is 3. The van der Waals surface area contributed by atoms with E-state index in [9.17, 15) is 0 Å². The van der Waals surface area contributed by atoms with Crippen molar-refractivity contribution in [2.24, 2.45) is 0 Å². The summed E-state index contributed by atoms with van der Waals surface area (Å²) in [7, 11) is 0. The fraction of sp³-hybridized carbons (Fsp3) is 0. The number of rotatable bonds is 4. The van der Waals surface area contributed by atoms with Crippen molar-refractivity contribution < 1.29 is 20.1 Å². The largest absolute Gasteiger partial charge is 0.328 e. The van der Waals surface area contributed by atoms with Crippen LogP contribution in [0.3, 0.4) is 0 Å². The molecule has 0 N–H and O–H groups in total. The van der Waals surface area contributed by atoms with E-state index >= 15 is 0 Å². The van der Waals surface area contributed by atoms with E-state index in [1.165, 1.54) is 0 Å². The third kappa shape index (κ3) is 4.45. The molecule has 0 bridgehead atoms. The van der Waals surface area contributed by atoms with E-state index in [-0.39, 0.29) is 20.1 Å². The van der Waals surface area contributed by atoms with Gasteiger partial charge in [0.15, 0.2) is 5.69 Å². The second kappa shape index (κ2) is 9.63. The molecule has 5 heteroatoms. The van der Waals surface area contributed by atoms with Crippen LogP contribution in [0.15, 0.2) is 91.1 Å². The Morgan fingerprint density at radius 2 is 1.60 bits per heavy atom. The van der Waals surface area contributed by atoms with Gasteiger partial charge in [-0.15, -0.1) is 29.8 Å². The van der Waals surface area contributed by atoms with Crippen LogP contribution in [0.2, 0.25) is 0 Å². The van der Waals surface area contributed by atoms with Gasteiger partial charge in [0.1, 0.15) is 0 Å². The van der Waals surface area contributed by atoms with Gasteiger partial charge in [-0.05, 0) is 53.8 Å². The first-order valence-electron chi connectivity index (χ1n) is 8.99. The summed E-state index contributed by atoms with van der Waals surface area (Å²) in [6.45, 7) is 7.19. The number of hydrogen-bond donors (Lipinski definition) is 0. The van der Waals surface area contributed by atoms with Crippen molar-refractivity contribution in [3.8, 4) is 17.3 Å². The summed E-state index contributed by atoms with van der Waals surface area (Å²) in [6, 6.07) is 31.9. The first-order chi connectivity index (χ1) is 14.3. The van der Waals surface area contributed by atoms with Crippen LogP contribution in [0.1, 0.15) is 5.56 Å². The van der Waals surface area contributed by atoms with Gasteiger partial charge in [-0.25, -0.2) is 4.85 Å². The molecular formula is C25H15IrN4-. The summed E-state index contributed by atoms with van der Waals surface area (Å²) < 4.78 is 0. The molecule has 0 atom stereocenters. The van der Waals surface area contributed by atoms with Crippen LogP contribution in [0.5, 0.6) is 0 Å². The van der Waals surface area contributed by atoms with Crippen molar-refractivity contribution in [3.05, 3.63) is 114 Å². The van der Waals surface area contributed by atoms with Gasteiger partial charge in [0.25, 0.3) is 0 Å². The van der Waals surface area contributed by atoms with Crippen LogP contribution in [-0.4, -0.2) is 4.98 Å². The van der Waals surface area contributed by atoms with Gasteiger partial charge in [-0.1, -0.05) is 24.3 Å². The Hall–Kier alpha value is -3.76. The minimum Gasteiger partial charge on any atom is -0.328 e. The quantitative estimate of drug-likeness (QED) is 0.269. The van der Waals surface area contributed by atoms with Gasteiger partial charge in [-0.3, -0.25) is 0 Å². The van der Waals surface area contributed by atoms with E-state index in [0.717, 1.165) is 28.3 Å². The molecule has 0 amide bonds. The van der Waals surface area contributed by atoms with Crippen molar-refractivity contribution in [1.29, 1.82) is 5.26 Å². The molecule has 1 aromatic heterocycles. The Balaban J connectivity index is 0.00000256. The summed E-state index contributed by atoms with van der Waals surface area (Å²) in [5.74, 6) is 0. The van der Waals surface area contributed by atoms with Gasteiger partial charge in [0.2, 0.25) is 0 Å². The Kier molecular flexibility index (Phi) is 6.73. The Labute approximate surface area is 189 Å². The molecule has 30 heavy (non-hydrogen) atoms. The molecule has 0 saturated carbocycles. The Morgan fingerprint density at radius 1 is 0.900 bits per heavy atom. The van der Waals surface area contributed by atoms with Crippen LogP contribution in [0.25, 0.3) is 16.1 Å². The molecule has 145 valence electrons. The first kappa shape index (κ1) is 21.0. The van der Waals surface area contributed by atoms with Gasteiger partial charge in [-0.2, -0.15) is 5.26 Å². The van der Waals surface area contributed by atoms with Gasteiger partial charge in [0.05, 0.1) is 18.2 Å². The number of nitriles is 1. The van der Waals surface area contributed by atoms with Crippen LogP contribution in [0.4, 0.5) is 22.7 Å². The van der Waals surface area contributed by atoms with E-state index in [0.29, 0.717) is 11.3 Å². The predicted octanol–water partition coefficient (Wildman–Crippen LogP) is 6.44. The molecule has 0 aliphatic heterocycles. The molecule has 4 nitrogen and oxygen atoms in total. The fourth-order valence-corrected chi connectivity index (χ4v) is 3.07. The number of aromatic nitrogens is 1. The third-order valence-electron chi connectivity index (χ3n) is 4.48. The molecule has 1 heterocycles. The molecule has 3 aromatic carbocycles. The van der Waals surface area contributed by atoms with Crippen molar-refractivity contribution in [1.82, 2.24) is 4.98 Å². The van der Waals surface area contributed by atoms with Crippen LogP contribution >= 0.6 is 0 Å². The van der Waals surface area contributed by atoms with Crippen LogP contribution in [-0.2, 0) is 20.1 Å². The average molecular weight is 564 g/mol. The summed E-state index contributed by atoms with van der Waals surface area (Å²) in [4.78, 5) is 9.97. The molecule has 1 radical (unpaired) electrons. The fourth-order valence-electron chi connectivity index (χ4n) is 3.07. The monoisotopic (exact) mass is 564 g/mol. The maximum Gasteiger partial charge on any atom is 0.187 e. The van der Waals surface area contributed by atoms with E-state index in [2.05, 4.69) is 26.9 Å². The Bertz CT molecular complexity index is 1150. The number of anilines is 3. The van der Waals surface area contributed by atoms with Gasteiger partial charge in [0, 0.05) is 37.7 Å². The second-order valence-corrected chi connectivity index (χ2v) is 6.30. The smallest absolute Gasteiger partial charge is 0.187 e. The maximum atomic E-state index is 9.12. The van der Waals surface area contributed by atoms with Gasteiger partial charge >= 0.3 is 0 Å². The minimum atomic E-state index is 0. The molecule has 0 aliphatic carbocycles. The van der Waals surface area contributed by atoms with Crippen molar-refractivity contribution in [2.45, 2.75) is 0 Å². The second-order valence-electron chi connectivity index (χ2n) is 6.30. The van der Waals surface area contributed by atoms with Crippen LogP contribution in [0, 0.1) is 24.0 Å². The first-order valence-corrected chi connectivity index (χ1v) is 8.99. The zero-order valence-corrected chi connectivity index (χ0v) is 18.2. The SMILES string of the molecule is [C-]#[N+]c1ccc(N(c2ccc(C#N)cc2)c2cc[c-]c(-c3ccccn3)c2)cc1.[Ir]. The topological polar surface area (TPSA) is 44.3 Å². The molecule has 0 spiro atoms. The van der Waals surface area contributed by atoms with E-state index in [4.69, 9.17) is 11.8 Å². The molecule has 0 aliphatic rings. The molecule has 4 aromatic rings. The number of nitrogens with zero attached hydrogens (tertiary/aromatic N) is 4. The predicted molar refractivity (Wildman–Crippen MR) is 114 cm³/mol. The standard InChI is InChI=1S/C25H15N4.Ir/c1-27-21-10-14-23(15-11-21)29(22-12-8-19(18-26)9-13-22)24-6-4-5-20(17-24)25-7-2-3-16-28-25;/h2-4,6-17H;/q-1;. The minimum absolute atomic E-state index is 0. The summed E-state index contributed by atoms with van der Waals surface area (Å²) in [5, 5.41) is 9.12. The molecule has 0 saturated heterocycles. The van der Waals surface area contributed by atoms with Crippen molar-refractivity contribution >= 4 is 22.7 Å². The van der Waals surface area contributed by atoms with Crippen molar-refractivity contribution in [3.63, 3.8) is 0 Å². The van der Waals surface area contributed by atoms with E-state index < -0.39 is 0 Å². The van der Waals surface area contributed by atoms with Crippen LogP contribution < -0.4 is 4.90 Å². The van der Waals surface area contributed by atoms with Crippen molar-refractivity contribution in [2.75, 3.05) is 4.90 Å². The molecule has 0 unspecified atom stereocenters. The summed E-state index contributed by atoms with van der Waals surface area (Å²) in [5.41, 5.74) is 5.69.